The quantitative estimate of drug-likeness (QED) is 0.862. The zero-order chi connectivity index (χ0) is 13.8. The van der Waals surface area contributed by atoms with E-state index in [1.807, 2.05) is 17.0 Å². The van der Waals surface area contributed by atoms with Crippen molar-refractivity contribution in [3.05, 3.63) is 21.9 Å². The number of hydrogen-bond donors (Lipinski definition) is 2. The van der Waals surface area contributed by atoms with E-state index in [0.717, 1.165) is 29.4 Å². The Morgan fingerprint density at radius 3 is 3.00 bits per heavy atom. The summed E-state index contributed by atoms with van der Waals surface area (Å²) in [6.07, 6.45) is 0. The number of nitrogens with zero attached hydrogens (tertiary/aromatic N) is 1. The molecule has 1 aliphatic heterocycles. The highest BCUT2D eigenvalue weighted by atomic mass is 32.1. The summed E-state index contributed by atoms with van der Waals surface area (Å²) in [6, 6.07) is 3.97. The topological polar surface area (TPSA) is 61.4 Å². The van der Waals surface area contributed by atoms with E-state index in [0.29, 0.717) is 6.54 Å². The van der Waals surface area contributed by atoms with Crippen molar-refractivity contribution in [2.75, 3.05) is 19.6 Å². The molecule has 19 heavy (non-hydrogen) atoms. The summed E-state index contributed by atoms with van der Waals surface area (Å²) >= 11 is 1.45. The lowest BCUT2D eigenvalue weighted by molar-refractivity contribution is -0.119. The van der Waals surface area contributed by atoms with Crippen LogP contribution in [0.4, 0.5) is 0 Å². The minimum atomic E-state index is -0.0583. The SMILES string of the molecule is CC(=O)NCc1ccc(C(=O)N2CCNCC2C)s1. The largest absolute Gasteiger partial charge is 0.351 e. The number of hydrogen-bond acceptors (Lipinski definition) is 4. The fourth-order valence-electron chi connectivity index (χ4n) is 2.08. The third kappa shape index (κ3) is 3.54. The summed E-state index contributed by atoms with van der Waals surface area (Å²) in [5.74, 6) is 0.0325. The minimum absolute atomic E-state index is 0.0583. The van der Waals surface area contributed by atoms with E-state index in [1.54, 1.807) is 0 Å². The van der Waals surface area contributed by atoms with Crippen LogP contribution in [0.5, 0.6) is 0 Å². The molecule has 0 bridgehead atoms. The molecule has 2 amide bonds. The van der Waals surface area contributed by atoms with Gasteiger partial charge in [0.15, 0.2) is 0 Å². The van der Waals surface area contributed by atoms with E-state index in [4.69, 9.17) is 0 Å². The predicted molar refractivity (Wildman–Crippen MR) is 75.2 cm³/mol. The van der Waals surface area contributed by atoms with E-state index >= 15 is 0 Å². The Morgan fingerprint density at radius 1 is 1.53 bits per heavy atom. The van der Waals surface area contributed by atoms with Crippen molar-refractivity contribution in [3.63, 3.8) is 0 Å². The van der Waals surface area contributed by atoms with Crippen LogP contribution >= 0.6 is 11.3 Å². The molecule has 5 nitrogen and oxygen atoms in total. The second-order valence-electron chi connectivity index (χ2n) is 4.73. The van der Waals surface area contributed by atoms with Crippen LogP contribution < -0.4 is 10.6 Å². The van der Waals surface area contributed by atoms with E-state index in [-0.39, 0.29) is 17.9 Å². The summed E-state index contributed by atoms with van der Waals surface area (Å²) in [6.45, 7) is 6.47. The lowest BCUT2D eigenvalue weighted by Crippen LogP contribution is -2.52. The number of carbonyl (C=O) groups is 2. The fraction of sp³-hybridized carbons (Fsp3) is 0.538. The van der Waals surface area contributed by atoms with Crippen LogP contribution in [0.1, 0.15) is 28.4 Å². The highest BCUT2D eigenvalue weighted by Gasteiger charge is 2.24. The second-order valence-corrected chi connectivity index (χ2v) is 5.90. The molecule has 0 aromatic carbocycles. The molecular weight excluding hydrogens is 262 g/mol. The first-order valence-corrected chi connectivity index (χ1v) is 7.24. The van der Waals surface area contributed by atoms with Crippen molar-refractivity contribution in [3.8, 4) is 0 Å². The Bertz CT molecular complexity index is 472. The number of carbonyl (C=O) groups excluding carboxylic acids is 2. The van der Waals surface area contributed by atoms with Gasteiger partial charge in [0.1, 0.15) is 0 Å². The van der Waals surface area contributed by atoms with Gasteiger partial charge in [-0.05, 0) is 19.1 Å². The maximum absolute atomic E-state index is 12.4. The molecule has 0 radical (unpaired) electrons. The van der Waals surface area contributed by atoms with Crippen molar-refractivity contribution >= 4 is 23.2 Å². The van der Waals surface area contributed by atoms with Gasteiger partial charge in [-0.2, -0.15) is 0 Å². The third-order valence-electron chi connectivity index (χ3n) is 3.15. The van der Waals surface area contributed by atoms with E-state index < -0.39 is 0 Å². The number of amides is 2. The van der Waals surface area contributed by atoms with Crippen molar-refractivity contribution in [1.82, 2.24) is 15.5 Å². The molecule has 0 saturated carbocycles. The fourth-order valence-corrected chi connectivity index (χ4v) is 2.99. The average Bonchev–Trinajstić information content (AvgIpc) is 2.85. The van der Waals surface area contributed by atoms with Gasteiger partial charge < -0.3 is 15.5 Å². The molecule has 6 heteroatoms. The third-order valence-corrected chi connectivity index (χ3v) is 4.22. The van der Waals surface area contributed by atoms with Crippen LogP contribution in [0.25, 0.3) is 0 Å². The summed E-state index contributed by atoms with van der Waals surface area (Å²) in [5.41, 5.74) is 0. The highest BCUT2D eigenvalue weighted by molar-refractivity contribution is 7.14. The standard InChI is InChI=1S/C13H19N3O2S/c1-9-7-14-5-6-16(9)13(18)12-4-3-11(19-12)8-15-10(2)17/h3-4,9,14H,5-8H2,1-2H3,(H,15,17). The molecule has 1 aromatic rings. The molecule has 1 saturated heterocycles. The smallest absolute Gasteiger partial charge is 0.264 e. The molecule has 0 aliphatic carbocycles. The van der Waals surface area contributed by atoms with Crippen LogP contribution in [-0.2, 0) is 11.3 Å². The Balaban J connectivity index is 2.01. The summed E-state index contributed by atoms with van der Waals surface area (Å²) in [7, 11) is 0. The summed E-state index contributed by atoms with van der Waals surface area (Å²) < 4.78 is 0. The zero-order valence-corrected chi connectivity index (χ0v) is 12.0. The molecule has 2 heterocycles. The second kappa shape index (κ2) is 6.16. The molecule has 1 fully saturated rings. The Morgan fingerprint density at radius 2 is 2.32 bits per heavy atom. The highest BCUT2D eigenvalue weighted by Crippen LogP contribution is 2.19. The van der Waals surface area contributed by atoms with Gasteiger partial charge in [-0.1, -0.05) is 0 Å². The van der Waals surface area contributed by atoms with Crippen molar-refractivity contribution in [1.29, 1.82) is 0 Å². The number of rotatable bonds is 3. The van der Waals surface area contributed by atoms with Gasteiger partial charge in [0.2, 0.25) is 5.91 Å². The van der Waals surface area contributed by atoms with Crippen LogP contribution in [-0.4, -0.2) is 42.4 Å². The monoisotopic (exact) mass is 281 g/mol. The van der Waals surface area contributed by atoms with Gasteiger partial charge in [0.25, 0.3) is 5.91 Å². The van der Waals surface area contributed by atoms with Crippen molar-refractivity contribution < 1.29 is 9.59 Å². The summed E-state index contributed by atoms with van der Waals surface area (Å²) in [4.78, 5) is 26.9. The van der Waals surface area contributed by atoms with Crippen LogP contribution in [0.15, 0.2) is 12.1 Å². The first-order valence-electron chi connectivity index (χ1n) is 6.43. The van der Waals surface area contributed by atoms with Crippen molar-refractivity contribution in [2.24, 2.45) is 0 Å². The molecule has 1 atom stereocenters. The van der Waals surface area contributed by atoms with Crippen LogP contribution in [0.3, 0.4) is 0 Å². The Kier molecular flexibility index (Phi) is 4.55. The van der Waals surface area contributed by atoms with Gasteiger partial charge in [-0.25, -0.2) is 0 Å². The number of nitrogens with one attached hydrogen (secondary N) is 2. The molecule has 2 N–H and O–H groups in total. The molecule has 104 valence electrons. The maximum Gasteiger partial charge on any atom is 0.264 e. The Labute approximate surface area is 117 Å². The molecule has 1 aromatic heterocycles. The van der Waals surface area contributed by atoms with Gasteiger partial charge in [0.05, 0.1) is 11.4 Å². The van der Waals surface area contributed by atoms with Gasteiger partial charge in [-0.3, -0.25) is 9.59 Å². The summed E-state index contributed by atoms with van der Waals surface area (Å²) in [5, 5.41) is 6.01. The predicted octanol–water partition coefficient (Wildman–Crippen LogP) is 0.818. The Hall–Kier alpha value is -1.40. The normalized spacial score (nSPS) is 19.3. The van der Waals surface area contributed by atoms with E-state index in [1.165, 1.54) is 18.3 Å². The number of thiophene rings is 1. The van der Waals surface area contributed by atoms with Crippen molar-refractivity contribution in [2.45, 2.75) is 26.4 Å². The lowest BCUT2D eigenvalue weighted by Gasteiger charge is -2.33. The van der Waals surface area contributed by atoms with Crippen LogP contribution in [0.2, 0.25) is 0 Å². The number of piperazine rings is 1. The van der Waals surface area contributed by atoms with Gasteiger partial charge in [-0.15, -0.1) is 11.3 Å². The maximum atomic E-state index is 12.4. The molecule has 2 rings (SSSR count). The molecule has 1 unspecified atom stereocenters. The molecule has 0 spiro atoms. The van der Waals surface area contributed by atoms with Crippen LogP contribution in [0, 0.1) is 0 Å². The van der Waals surface area contributed by atoms with E-state index in [9.17, 15) is 9.59 Å². The average molecular weight is 281 g/mol. The first-order chi connectivity index (χ1) is 9.08. The minimum Gasteiger partial charge on any atom is -0.351 e. The lowest BCUT2D eigenvalue weighted by atomic mass is 10.2. The zero-order valence-electron chi connectivity index (χ0n) is 11.2. The molecule has 1 aliphatic rings. The van der Waals surface area contributed by atoms with E-state index in [2.05, 4.69) is 17.6 Å². The van der Waals surface area contributed by atoms with Gasteiger partial charge >= 0.3 is 0 Å². The molecular formula is C13H19N3O2S. The first kappa shape index (κ1) is 14.0. The van der Waals surface area contributed by atoms with Gasteiger partial charge in [0, 0.05) is 37.5 Å².